The summed E-state index contributed by atoms with van der Waals surface area (Å²) in [6, 6.07) is 13.0. The highest BCUT2D eigenvalue weighted by Crippen LogP contribution is 2.35. The number of phenolic OH excluding ortho intramolecular Hbond substituents is 1. The van der Waals surface area contributed by atoms with Crippen LogP contribution in [0.4, 0.5) is 5.69 Å². The number of phenols is 1. The van der Waals surface area contributed by atoms with Gasteiger partial charge in [-0.25, -0.2) is 5.43 Å². The van der Waals surface area contributed by atoms with Crippen LogP contribution in [0, 0.1) is 0 Å². The predicted octanol–water partition coefficient (Wildman–Crippen LogP) is 4.87. The number of halogens is 1. The Morgan fingerprint density at radius 2 is 2.00 bits per heavy atom. The number of anilines is 1. The van der Waals surface area contributed by atoms with Crippen molar-refractivity contribution in [3.8, 4) is 5.75 Å². The van der Waals surface area contributed by atoms with E-state index >= 15 is 0 Å². The Balaban J connectivity index is 1.73. The molecule has 0 saturated heterocycles. The summed E-state index contributed by atoms with van der Waals surface area (Å²) in [5.41, 5.74) is 3.93. The summed E-state index contributed by atoms with van der Waals surface area (Å²) in [6.45, 7) is 5.83. The molecule has 7 heteroatoms. The maximum absolute atomic E-state index is 12.4. The van der Waals surface area contributed by atoms with Gasteiger partial charge in [0.25, 0.3) is 5.91 Å². The fourth-order valence-electron chi connectivity index (χ4n) is 2.80. The molecule has 0 aliphatic heterocycles. The zero-order valence-electron chi connectivity index (χ0n) is 15.1. The van der Waals surface area contributed by atoms with E-state index in [2.05, 4.69) is 29.3 Å². The molecule has 0 unspecified atom stereocenters. The predicted molar refractivity (Wildman–Crippen MR) is 114 cm³/mol. The summed E-state index contributed by atoms with van der Waals surface area (Å²) < 4.78 is 0.946. The number of carbonyl (C=O) groups excluding carboxylic acids is 1. The van der Waals surface area contributed by atoms with Crippen molar-refractivity contribution in [2.75, 3.05) is 18.0 Å². The van der Waals surface area contributed by atoms with Gasteiger partial charge in [-0.3, -0.25) is 4.79 Å². The van der Waals surface area contributed by atoms with Crippen molar-refractivity contribution in [3.05, 3.63) is 57.9 Å². The van der Waals surface area contributed by atoms with E-state index in [1.807, 2.05) is 30.3 Å². The number of hydrogen-bond acceptors (Lipinski definition) is 5. The maximum atomic E-state index is 12.4. The molecule has 2 N–H and O–H groups in total. The van der Waals surface area contributed by atoms with E-state index in [0.29, 0.717) is 15.5 Å². The Kier molecular flexibility index (Phi) is 5.98. The van der Waals surface area contributed by atoms with E-state index in [1.165, 1.54) is 17.6 Å². The van der Waals surface area contributed by atoms with Crippen LogP contribution in [0.1, 0.15) is 29.1 Å². The summed E-state index contributed by atoms with van der Waals surface area (Å²) >= 11 is 7.62. The highest BCUT2D eigenvalue weighted by atomic mass is 35.5. The zero-order valence-corrected chi connectivity index (χ0v) is 16.6. The summed E-state index contributed by atoms with van der Waals surface area (Å²) in [5.74, 6) is -0.269. The van der Waals surface area contributed by atoms with Gasteiger partial charge in [0.15, 0.2) is 0 Å². The number of amides is 1. The minimum Gasteiger partial charge on any atom is -0.507 e. The van der Waals surface area contributed by atoms with Gasteiger partial charge in [0.1, 0.15) is 10.6 Å². The molecule has 2 aromatic carbocycles. The van der Waals surface area contributed by atoms with Gasteiger partial charge in [0, 0.05) is 40.5 Å². The Morgan fingerprint density at radius 1 is 1.26 bits per heavy atom. The van der Waals surface area contributed by atoms with Crippen LogP contribution >= 0.6 is 22.9 Å². The van der Waals surface area contributed by atoms with Crippen molar-refractivity contribution in [1.29, 1.82) is 0 Å². The molecule has 0 saturated carbocycles. The van der Waals surface area contributed by atoms with E-state index in [4.69, 9.17) is 11.6 Å². The van der Waals surface area contributed by atoms with Gasteiger partial charge < -0.3 is 10.0 Å². The minimum atomic E-state index is -0.378. The van der Waals surface area contributed by atoms with Gasteiger partial charge in [-0.15, -0.1) is 11.3 Å². The van der Waals surface area contributed by atoms with E-state index in [9.17, 15) is 9.90 Å². The smallest absolute Gasteiger partial charge is 0.283 e. The number of hydrogen-bond donors (Lipinski definition) is 2. The van der Waals surface area contributed by atoms with E-state index < -0.39 is 0 Å². The first-order valence-corrected chi connectivity index (χ1v) is 9.83. The molecular weight excluding hydrogens is 382 g/mol. The third-order valence-electron chi connectivity index (χ3n) is 4.25. The number of rotatable bonds is 6. The summed E-state index contributed by atoms with van der Waals surface area (Å²) in [5, 5.41) is 15.4. The van der Waals surface area contributed by atoms with E-state index in [1.54, 1.807) is 12.1 Å². The fourth-order valence-corrected chi connectivity index (χ4v) is 4.20. The summed E-state index contributed by atoms with van der Waals surface area (Å²) in [6.07, 6.45) is 1.42. The van der Waals surface area contributed by atoms with Crippen LogP contribution in [0.3, 0.4) is 0 Å². The third-order valence-corrected chi connectivity index (χ3v) is 5.93. The average Bonchev–Trinajstić information content (AvgIpc) is 3.01. The molecule has 3 aromatic rings. The molecule has 27 heavy (non-hydrogen) atoms. The lowest BCUT2D eigenvalue weighted by Gasteiger charge is -2.21. The summed E-state index contributed by atoms with van der Waals surface area (Å²) in [4.78, 5) is 14.9. The molecule has 0 spiro atoms. The SMILES string of the molecule is CCN(CC)c1ccc(/C=N/NC(=O)c2sc3ccccc3c2Cl)c(O)c1. The zero-order chi connectivity index (χ0) is 19.4. The Hall–Kier alpha value is -2.57. The topological polar surface area (TPSA) is 64.9 Å². The second-order valence-corrected chi connectivity index (χ2v) is 7.29. The Labute approximate surface area is 166 Å². The molecule has 0 atom stereocenters. The molecule has 1 amide bonds. The van der Waals surface area contributed by atoms with Gasteiger partial charge in [0.05, 0.1) is 11.2 Å². The lowest BCUT2D eigenvalue weighted by Crippen LogP contribution is -2.21. The van der Waals surface area contributed by atoms with Gasteiger partial charge in [-0.1, -0.05) is 29.8 Å². The summed E-state index contributed by atoms with van der Waals surface area (Å²) in [7, 11) is 0. The van der Waals surface area contributed by atoms with Crippen molar-refractivity contribution in [3.63, 3.8) is 0 Å². The standard InChI is InChI=1S/C20H20ClN3O2S/c1-3-24(4-2)14-10-9-13(16(25)11-14)12-22-23-20(26)19-18(21)15-7-5-6-8-17(15)27-19/h5-12,25H,3-4H2,1-2H3,(H,23,26)/b22-12+. The third kappa shape index (κ3) is 4.07. The molecule has 0 fully saturated rings. The quantitative estimate of drug-likeness (QED) is 0.457. The molecule has 1 aromatic heterocycles. The van der Waals surface area contributed by atoms with Crippen LogP contribution < -0.4 is 10.3 Å². The van der Waals surface area contributed by atoms with Gasteiger partial charge in [-0.2, -0.15) is 5.10 Å². The second-order valence-electron chi connectivity index (χ2n) is 5.86. The lowest BCUT2D eigenvalue weighted by molar-refractivity contribution is 0.0959. The minimum absolute atomic E-state index is 0.109. The van der Waals surface area contributed by atoms with Crippen LogP contribution in [0.2, 0.25) is 5.02 Å². The normalized spacial score (nSPS) is 11.2. The molecular formula is C20H20ClN3O2S. The van der Waals surface area contributed by atoms with E-state index in [-0.39, 0.29) is 11.7 Å². The van der Waals surface area contributed by atoms with Crippen LogP contribution in [-0.2, 0) is 0 Å². The first kappa shape index (κ1) is 19.2. The number of aromatic hydroxyl groups is 1. The number of nitrogens with zero attached hydrogens (tertiary/aromatic N) is 2. The van der Waals surface area contributed by atoms with Crippen LogP contribution in [-0.4, -0.2) is 30.3 Å². The number of hydrazone groups is 1. The molecule has 0 aliphatic rings. The Bertz CT molecular complexity index is 996. The highest BCUT2D eigenvalue weighted by Gasteiger charge is 2.16. The Morgan fingerprint density at radius 3 is 2.67 bits per heavy atom. The van der Waals surface area contributed by atoms with Gasteiger partial charge in [-0.05, 0) is 32.0 Å². The number of thiophene rings is 1. The van der Waals surface area contributed by atoms with Crippen LogP contribution in [0.15, 0.2) is 47.6 Å². The molecule has 1 heterocycles. The lowest BCUT2D eigenvalue weighted by atomic mass is 10.2. The van der Waals surface area contributed by atoms with Crippen molar-refractivity contribution >= 4 is 50.8 Å². The van der Waals surface area contributed by atoms with Crippen molar-refractivity contribution in [2.24, 2.45) is 5.10 Å². The molecule has 0 aliphatic carbocycles. The van der Waals surface area contributed by atoms with Crippen molar-refractivity contribution < 1.29 is 9.90 Å². The molecule has 140 valence electrons. The number of fused-ring (bicyclic) bond motifs is 1. The number of carbonyl (C=O) groups is 1. The van der Waals surface area contributed by atoms with Crippen molar-refractivity contribution in [1.82, 2.24) is 5.43 Å². The molecule has 0 bridgehead atoms. The molecule has 3 rings (SSSR count). The van der Waals surface area contributed by atoms with Crippen LogP contribution in [0.25, 0.3) is 10.1 Å². The largest absolute Gasteiger partial charge is 0.507 e. The average molecular weight is 402 g/mol. The number of benzene rings is 2. The fraction of sp³-hybridized carbons (Fsp3) is 0.200. The van der Waals surface area contributed by atoms with Crippen LogP contribution in [0.5, 0.6) is 5.75 Å². The second kappa shape index (κ2) is 8.41. The first-order valence-electron chi connectivity index (χ1n) is 8.63. The molecule has 5 nitrogen and oxygen atoms in total. The first-order chi connectivity index (χ1) is 13.0. The highest BCUT2D eigenvalue weighted by molar-refractivity contribution is 7.21. The van der Waals surface area contributed by atoms with Crippen molar-refractivity contribution in [2.45, 2.75) is 13.8 Å². The maximum Gasteiger partial charge on any atom is 0.283 e. The number of nitrogens with one attached hydrogen (secondary N) is 1. The molecule has 0 radical (unpaired) electrons. The monoisotopic (exact) mass is 401 g/mol. The van der Waals surface area contributed by atoms with Gasteiger partial charge >= 0.3 is 0 Å². The van der Waals surface area contributed by atoms with E-state index in [0.717, 1.165) is 28.9 Å². The van der Waals surface area contributed by atoms with Gasteiger partial charge in [0.2, 0.25) is 0 Å².